The molecule has 1 amide bonds. The molecule has 128 valence electrons. The fourth-order valence-electron chi connectivity index (χ4n) is 2.30. The first-order valence-corrected chi connectivity index (χ1v) is 8.45. The van der Waals surface area contributed by atoms with Crippen molar-refractivity contribution < 1.29 is 4.79 Å². The number of thiophene rings is 1. The first-order valence-electron chi connectivity index (χ1n) is 7.26. The number of benzene rings is 1. The molecular formula is C16H18Cl2N4OS. The average molecular weight is 385 g/mol. The van der Waals surface area contributed by atoms with Crippen molar-refractivity contribution in [1.82, 2.24) is 15.1 Å². The molecule has 3 rings (SSSR count). The number of nitrogens with two attached hydrogens (primary N) is 1. The van der Waals surface area contributed by atoms with Crippen LogP contribution in [0.1, 0.15) is 22.3 Å². The van der Waals surface area contributed by atoms with Crippen molar-refractivity contribution in [3.8, 4) is 5.69 Å². The van der Waals surface area contributed by atoms with E-state index in [0.717, 1.165) is 21.6 Å². The molecule has 5 nitrogen and oxygen atoms in total. The van der Waals surface area contributed by atoms with Gasteiger partial charge in [0.1, 0.15) is 4.83 Å². The molecule has 0 aliphatic rings. The van der Waals surface area contributed by atoms with E-state index in [1.165, 1.54) is 11.3 Å². The molecule has 2 heterocycles. The van der Waals surface area contributed by atoms with Gasteiger partial charge in [-0.1, -0.05) is 23.7 Å². The van der Waals surface area contributed by atoms with Crippen LogP contribution >= 0.6 is 35.3 Å². The second-order valence-electron chi connectivity index (χ2n) is 5.39. The second-order valence-corrected chi connectivity index (χ2v) is 6.83. The van der Waals surface area contributed by atoms with Crippen LogP contribution in [0.15, 0.2) is 30.3 Å². The van der Waals surface area contributed by atoms with E-state index in [1.54, 1.807) is 4.68 Å². The number of amides is 1. The number of carbonyl (C=O) groups excluding carboxylic acids is 1. The molecule has 0 unspecified atom stereocenters. The Morgan fingerprint density at radius 3 is 2.83 bits per heavy atom. The first-order chi connectivity index (χ1) is 11.0. The molecule has 0 saturated carbocycles. The van der Waals surface area contributed by atoms with Gasteiger partial charge in [0.05, 0.1) is 21.3 Å². The third kappa shape index (κ3) is 3.42. The summed E-state index contributed by atoms with van der Waals surface area (Å²) in [6, 6.07) is 9.33. The summed E-state index contributed by atoms with van der Waals surface area (Å²) in [7, 11) is 0. The summed E-state index contributed by atoms with van der Waals surface area (Å²) in [6.07, 6.45) is 0. The summed E-state index contributed by atoms with van der Waals surface area (Å²) >= 11 is 7.67. The molecule has 3 aromatic rings. The molecule has 0 bridgehead atoms. The number of nitrogens with zero attached hydrogens (tertiary/aromatic N) is 2. The van der Waals surface area contributed by atoms with E-state index < -0.39 is 0 Å². The fourth-order valence-corrected chi connectivity index (χ4v) is 3.59. The third-order valence-corrected chi connectivity index (χ3v) is 5.01. The Labute approximate surface area is 155 Å². The number of nitrogens with one attached hydrogen (secondary N) is 1. The number of hydrogen-bond acceptors (Lipinski definition) is 4. The molecule has 8 heteroatoms. The monoisotopic (exact) mass is 384 g/mol. The van der Waals surface area contributed by atoms with Crippen molar-refractivity contribution in [3.63, 3.8) is 0 Å². The summed E-state index contributed by atoms with van der Waals surface area (Å²) in [6.45, 7) is 4.21. The van der Waals surface area contributed by atoms with Gasteiger partial charge < -0.3 is 11.1 Å². The van der Waals surface area contributed by atoms with Crippen LogP contribution < -0.4 is 11.1 Å². The normalized spacial score (nSPS) is 12.0. The lowest BCUT2D eigenvalue weighted by atomic mass is 10.3. The standard InChI is InChI=1S/C16H17ClN4OS.ClH/c1-9(8-18)19-15(22)14-7-11-10(2)20-21(16(11)23-14)13-6-4-3-5-12(13)17;/h3-7,9H,8,18H2,1-2H3,(H,19,22);1H/t9-;/m0./s1. The highest BCUT2D eigenvalue weighted by Crippen LogP contribution is 2.32. The van der Waals surface area contributed by atoms with Crippen molar-refractivity contribution in [1.29, 1.82) is 0 Å². The Hall–Kier alpha value is -1.60. The molecule has 2 aromatic heterocycles. The van der Waals surface area contributed by atoms with E-state index in [-0.39, 0.29) is 24.4 Å². The number of fused-ring (bicyclic) bond motifs is 1. The van der Waals surface area contributed by atoms with E-state index in [4.69, 9.17) is 17.3 Å². The highest BCUT2D eigenvalue weighted by atomic mass is 35.5. The molecular weight excluding hydrogens is 367 g/mol. The zero-order valence-corrected chi connectivity index (χ0v) is 15.6. The Balaban J connectivity index is 0.00000208. The number of carbonyl (C=O) groups is 1. The lowest BCUT2D eigenvalue weighted by molar-refractivity contribution is 0.0945. The topological polar surface area (TPSA) is 72.9 Å². The van der Waals surface area contributed by atoms with E-state index in [2.05, 4.69) is 10.4 Å². The molecule has 0 spiro atoms. The highest BCUT2D eigenvalue weighted by Gasteiger charge is 2.18. The van der Waals surface area contributed by atoms with E-state index >= 15 is 0 Å². The summed E-state index contributed by atoms with van der Waals surface area (Å²) in [4.78, 5) is 13.8. The molecule has 0 saturated heterocycles. The molecule has 0 aliphatic carbocycles. The second kappa shape index (κ2) is 7.53. The van der Waals surface area contributed by atoms with Crippen LogP contribution in [0.2, 0.25) is 5.02 Å². The number of halogens is 2. The molecule has 0 radical (unpaired) electrons. The number of hydrogen-bond donors (Lipinski definition) is 2. The highest BCUT2D eigenvalue weighted by molar-refractivity contribution is 7.20. The van der Waals surface area contributed by atoms with Crippen LogP contribution in [-0.2, 0) is 0 Å². The van der Waals surface area contributed by atoms with Gasteiger partial charge >= 0.3 is 0 Å². The minimum absolute atomic E-state index is 0. The molecule has 1 atom stereocenters. The van der Waals surface area contributed by atoms with E-state index in [9.17, 15) is 4.79 Å². The SMILES string of the molecule is Cc1nn(-c2ccccc2Cl)c2sc(C(=O)N[C@@H](C)CN)cc12.Cl. The Morgan fingerprint density at radius 1 is 1.46 bits per heavy atom. The maximum atomic E-state index is 12.3. The minimum Gasteiger partial charge on any atom is -0.348 e. The zero-order valence-electron chi connectivity index (χ0n) is 13.2. The predicted octanol–water partition coefficient (Wildman–Crippen LogP) is 3.55. The maximum absolute atomic E-state index is 12.3. The Bertz CT molecular complexity index is 874. The summed E-state index contributed by atoms with van der Waals surface area (Å²) in [5.74, 6) is -0.116. The number of aromatic nitrogens is 2. The first kappa shape index (κ1) is 18.7. The summed E-state index contributed by atoms with van der Waals surface area (Å²) in [5.41, 5.74) is 7.22. The largest absolute Gasteiger partial charge is 0.348 e. The van der Waals surface area contributed by atoms with Gasteiger partial charge in [0.25, 0.3) is 5.91 Å². The molecule has 3 N–H and O–H groups in total. The zero-order chi connectivity index (χ0) is 16.6. The van der Waals surface area contributed by atoms with Gasteiger partial charge in [0.15, 0.2) is 0 Å². The van der Waals surface area contributed by atoms with Crippen molar-refractivity contribution in [3.05, 3.63) is 45.9 Å². The van der Waals surface area contributed by atoms with Gasteiger partial charge in [0, 0.05) is 18.0 Å². The van der Waals surface area contributed by atoms with Crippen molar-refractivity contribution in [2.45, 2.75) is 19.9 Å². The summed E-state index contributed by atoms with van der Waals surface area (Å²) < 4.78 is 1.79. The van der Waals surface area contributed by atoms with Crippen molar-refractivity contribution >= 4 is 51.5 Å². The number of rotatable bonds is 4. The van der Waals surface area contributed by atoms with Gasteiger partial charge in [-0.05, 0) is 32.0 Å². The Morgan fingerprint density at radius 2 is 2.17 bits per heavy atom. The van der Waals surface area contributed by atoms with Crippen LogP contribution in [0, 0.1) is 6.92 Å². The molecule has 24 heavy (non-hydrogen) atoms. The van der Waals surface area contributed by atoms with Gasteiger partial charge in [-0.25, -0.2) is 4.68 Å². The van der Waals surface area contributed by atoms with Crippen LogP contribution in [0.4, 0.5) is 0 Å². The predicted molar refractivity (Wildman–Crippen MR) is 102 cm³/mol. The maximum Gasteiger partial charge on any atom is 0.261 e. The lowest BCUT2D eigenvalue weighted by Gasteiger charge is -2.09. The molecule has 0 aliphatic heterocycles. The minimum atomic E-state index is -0.116. The quantitative estimate of drug-likeness (QED) is 0.722. The van der Waals surface area contributed by atoms with E-state index in [0.29, 0.717) is 16.4 Å². The van der Waals surface area contributed by atoms with E-state index in [1.807, 2.05) is 44.2 Å². The van der Waals surface area contributed by atoms with Gasteiger partial charge in [-0.2, -0.15) is 5.10 Å². The van der Waals surface area contributed by atoms with Crippen molar-refractivity contribution in [2.75, 3.05) is 6.54 Å². The van der Waals surface area contributed by atoms with Crippen LogP contribution in [0.5, 0.6) is 0 Å². The molecule has 0 fully saturated rings. The van der Waals surface area contributed by atoms with Crippen molar-refractivity contribution in [2.24, 2.45) is 5.73 Å². The van der Waals surface area contributed by atoms with Crippen LogP contribution in [-0.4, -0.2) is 28.3 Å². The summed E-state index contributed by atoms with van der Waals surface area (Å²) in [5, 5.41) is 9.00. The van der Waals surface area contributed by atoms with Crippen LogP contribution in [0.25, 0.3) is 15.9 Å². The van der Waals surface area contributed by atoms with Gasteiger partial charge in [-0.15, -0.1) is 23.7 Å². The molecule has 1 aromatic carbocycles. The van der Waals surface area contributed by atoms with Crippen LogP contribution in [0.3, 0.4) is 0 Å². The van der Waals surface area contributed by atoms with Gasteiger partial charge in [0.2, 0.25) is 0 Å². The average Bonchev–Trinajstić information content (AvgIpc) is 3.09. The smallest absolute Gasteiger partial charge is 0.261 e. The number of para-hydroxylation sites is 1. The third-order valence-electron chi connectivity index (χ3n) is 3.58. The fraction of sp³-hybridized carbons (Fsp3) is 0.250. The number of aryl methyl sites for hydroxylation is 1. The lowest BCUT2D eigenvalue weighted by Crippen LogP contribution is -2.37. The van der Waals surface area contributed by atoms with Gasteiger partial charge in [-0.3, -0.25) is 4.79 Å². The Kier molecular flexibility index (Phi) is 5.87.